The quantitative estimate of drug-likeness (QED) is 0.560. The van der Waals surface area contributed by atoms with E-state index in [1.165, 1.54) is 6.07 Å². The zero-order valence-corrected chi connectivity index (χ0v) is 18.5. The number of carbonyl (C=O) groups is 2. The molecule has 0 aliphatic carbocycles. The van der Waals surface area contributed by atoms with E-state index in [9.17, 15) is 14.7 Å². The highest BCUT2D eigenvalue weighted by Crippen LogP contribution is 2.48. The lowest BCUT2D eigenvalue weighted by molar-refractivity contribution is -0.126. The molecule has 0 radical (unpaired) electrons. The second-order valence-corrected chi connectivity index (χ2v) is 8.24. The van der Waals surface area contributed by atoms with E-state index in [2.05, 4.69) is 0 Å². The van der Waals surface area contributed by atoms with Crippen LogP contribution in [0.2, 0.25) is 5.02 Å². The summed E-state index contributed by atoms with van der Waals surface area (Å²) in [4.78, 5) is 34.2. The van der Waals surface area contributed by atoms with Gasteiger partial charge in [-0.2, -0.15) is 0 Å². The largest absolute Gasteiger partial charge is 0.504 e. The van der Waals surface area contributed by atoms with Crippen LogP contribution in [-0.4, -0.2) is 29.6 Å². The fourth-order valence-corrected chi connectivity index (χ4v) is 4.51. The number of para-hydroxylation sites is 1. The Morgan fingerprint density at radius 3 is 2.39 bits per heavy atom. The van der Waals surface area contributed by atoms with Crippen LogP contribution < -0.4 is 14.7 Å². The second-order valence-electron chi connectivity index (χ2n) is 7.81. The number of halogens is 1. The number of aromatic hydroxyl groups is 1. The summed E-state index contributed by atoms with van der Waals surface area (Å²) in [6.45, 7) is 2.19. The molecule has 8 heteroatoms. The van der Waals surface area contributed by atoms with Crippen molar-refractivity contribution in [1.29, 1.82) is 0 Å². The first-order chi connectivity index (χ1) is 16.0. The molecule has 168 valence electrons. The first-order valence-electron chi connectivity index (χ1n) is 10.6. The van der Waals surface area contributed by atoms with E-state index in [4.69, 9.17) is 21.2 Å². The lowest BCUT2D eigenvalue weighted by Crippen LogP contribution is -2.37. The average molecular weight is 465 g/mol. The van der Waals surface area contributed by atoms with E-state index in [0.29, 0.717) is 34.3 Å². The van der Waals surface area contributed by atoms with Crippen molar-refractivity contribution in [2.45, 2.75) is 19.1 Å². The van der Waals surface area contributed by atoms with Gasteiger partial charge in [0.15, 0.2) is 17.6 Å². The lowest BCUT2D eigenvalue weighted by Gasteiger charge is -2.29. The third-order valence-corrected chi connectivity index (χ3v) is 6.09. The van der Waals surface area contributed by atoms with E-state index in [1.54, 1.807) is 41.5 Å². The van der Waals surface area contributed by atoms with Gasteiger partial charge in [-0.25, -0.2) is 9.96 Å². The molecule has 3 atom stereocenters. The molecular weight excluding hydrogens is 444 g/mol. The number of phenols is 1. The second kappa shape index (κ2) is 8.42. The molecule has 0 spiro atoms. The van der Waals surface area contributed by atoms with Gasteiger partial charge in [0, 0.05) is 5.02 Å². The predicted molar refractivity (Wildman–Crippen MR) is 123 cm³/mol. The smallest absolute Gasteiger partial charge is 0.266 e. The molecule has 2 amide bonds. The summed E-state index contributed by atoms with van der Waals surface area (Å²) in [7, 11) is 0. The summed E-state index contributed by atoms with van der Waals surface area (Å²) in [5.74, 6) is -1.27. The number of benzene rings is 3. The van der Waals surface area contributed by atoms with Crippen molar-refractivity contribution in [3.63, 3.8) is 0 Å². The third-order valence-electron chi connectivity index (χ3n) is 5.84. The highest BCUT2D eigenvalue weighted by molar-refractivity contribution is 6.31. The van der Waals surface area contributed by atoms with Gasteiger partial charge < -0.3 is 9.84 Å². The van der Waals surface area contributed by atoms with Gasteiger partial charge >= 0.3 is 0 Å². The molecule has 0 saturated carbocycles. The summed E-state index contributed by atoms with van der Waals surface area (Å²) in [5, 5.41) is 12.3. The maximum atomic E-state index is 13.6. The highest BCUT2D eigenvalue weighted by atomic mass is 35.5. The molecule has 2 saturated heterocycles. The Kier molecular flexibility index (Phi) is 5.44. The van der Waals surface area contributed by atoms with Gasteiger partial charge in [-0.05, 0) is 61.0 Å². The summed E-state index contributed by atoms with van der Waals surface area (Å²) in [5.41, 5.74) is 1.84. The number of hydrogen-bond acceptors (Lipinski definition) is 6. The number of rotatable bonds is 5. The van der Waals surface area contributed by atoms with Gasteiger partial charge in [0.05, 0.1) is 24.0 Å². The summed E-state index contributed by atoms with van der Waals surface area (Å²) in [6, 6.07) is 20.2. The molecule has 5 rings (SSSR count). The molecule has 3 aromatic carbocycles. The van der Waals surface area contributed by atoms with Crippen LogP contribution in [0.15, 0.2) is 72.8 Å². The van der Waals surface area contributed by atoms with Crippen LogP contribution in [0.4, 0.5) is 11.4 Å². The minimum atomic E-state index is -0.984. The lowest BCUT2D eigenvalue weighted by atomic mass is 9.90. The number of fused-ring (bicyclic) bond motifs is 1. The molecule has 0 bridgehead atoms. The van der Waals surface area contributed by atoms with Gasteiger partial charge in [-0.3, -0.25) is 14.4 Å². The van der Waals surface area contributed by atoms with Crippen molar-refractivity contribution < 1.29 is 24.3 Å². The van der Waals surface area contributed by atoms with E-state index >= 15 is 0 Å². The minimum Gasteiger partial charge on any atom is -0.504 e. The standard InChI is InChI=1S/C25H21ClN2O5/c1-2-32-20-14-15(8-13-19(20)29)22-21-23(33-28(22)18-6-4-3-5-7-18)25(31)27(24(21)30)17-11-9-16(26)10-12-17/h3-14,21-23,29H,2H2,1H3/t21-,22-,23+/m1/s1. The summed E-state index contributed by atoms with van der Waals surface area (Å²) in [6.07, 6.45) is -0.984. The summed E-state index contributed by atoms with van der Waals surface area (Å²) >= 11 is 5.98. The molecule has 2 aliphatic rings. The van der Waals surface area contributed by atoms with E-state index in [1.807, 2.05) is 37.3 Å². The number of ether oxygens (including phenoxy) is 1. The maximum Gasteiger partial charge on any atom is 0.266 e. The third kappa shape index (κ3) is 3.59. The molecule has 0 unspecified atom stereocenters. The summed E-state index contributed by atoms with van der Waals surface area (Å²) < 4.78 is 5.55. The van der Waals surface area contributed by atoms with Gasteiger partial charge in [0.1, 0.15) is 5.92 Å². The Morgan fingerprint density at radius 2 is 1.70 bits per heavy atom. The highest BCUT2D eigenvalue weighted by Gasteiger charge is 2.60. The average Bonchev–Trinajstić information content (AvgIpc) is 3.33. The molecule has 2 aliphatic heterocycles. The zero-order chi connectivity index (χ0) is 23.1. The number of amides is 2. The maximum absolute atomic E-state index is 13.6. The van der Waals surface area contributed by atoms with Crippen molar-refractivity contribution >= 4 is 34.8 Å². The van der Waals surface area contributed by atoms with Crippen molar-refractivity contribution in [2.75, 3.05) is 16.6 Å². The predicted octanol–water partition coefficient (Wildman–Crippen LogP) is 4.50. The van der Waals surface area contributed by atoms with Gasteiger partial charge in [-0.15, -0.1) is 0 Å². The number of nitrogens with zero attached hydrogens (tertiary/aromatic N) is 2. The van der Waals surface area contributed by atoms with Crippen molar-refractivity contribution in [2.24, 2.45) is 5.92 Å². The Labute approximate surface area is 195 Å². The normalized spacial score (nSPS) is 22.1. The molecule has 7 nitrogen and oxygen atoms in total. The molecule has 2 heterocycles. The topological polar surface area (TPSA) is 79.3 Å². The number of anilines is 2. The van der Waals surface area contributed by atoms with Gasteiger partial charge in [0.2, 0.25) is 5.91 Å². The van der Waals surface area contributed by atoms with Crippen molar-refractivity contribution in [3.8, 4) is 11.5 Å². The van der Waals surface area contributed by atoms with Crippen molar-refractivity contribution in [1.82, 2.24) is 0 Å². The molecule has 1 N–H and O–H groups in total. The van der Waals surface area contributed by atoms with Crippen LogP contribution in [0.25, 0.3) is 0 Å². The Bertz CT molecular complexity index is 1200. The van der Waals surface area contributed by atoms with Crippen LogP contribution in [-0.2, 0) is 14.4 Å². The number of imide groups is 1. The molecular formula is C25H21ClN2O5. The zero-order valence-electron chi connectivity index (χ0n) is 17.7. The first-order valence-corrected chi connectivity index (χ1v) is 11.0. The van der Waals surface area contributed by atoms with Gasteiger partial charge in [-0.1, -0.05) is 35.9 Å². The molecule has 3 aromatic rings. The number of hydroxylamine groups is 1. The van der Waals surface area contributed by atoms with E-state index in [0.717, 1.165) is 4.90 Å². The number of hydrogen-bond donors (Lipinski definition) is 1. The number of phenolic OH excluding ortho intramolecular Hbond substituents is 1. The Balaban J connectivity index is 1.59. The van der Waals surface area contributed by atoms with Crippen LogP contribution in [0.5, 0.6) is 11.5 Å². The van der Waals surface area contributed by atoms with E-state index in [-0.39, 0.29) is 11.7 Å². The fourth-order valence-electron chi connectivity index (χ4n) is 4.38. The SMILES string of the molecule is CCOc1cc([C@@H]2[C@H]3C(=O)N(c4ccc(Cl)cc4)C(=O)[C@H]3ON2c2ccccc2)ccc1O. The van der Waals surface area contributed by atoms with Crippen LogP contribution in [0, 0.1) is 5.92 Å². The first kappa shape index (κ1) is 21.3. The Hall–Kier alpha value is -3.55. The van der Waals surface area contributed by atoms with Crippen LogP contribution in [0.1, 0.15) is 18.5 Å². The van der Waals surface area contributed by atoms with Crippen LogP contribution in [0.3, 0.4) is 0 Å². The van der Waals surface area contributed by atoms with Crippen molar-refractivity contribution in [3.05, 3.63) is 83.4 Å². The molecule has 33 heavy (non-hydrogen) atoms. The molecule has 2 fully saturated rings. The monoisotopic (exact) mass is 464 g/mol. The van der Waals surface area contributed by atoms with Gasteiger partial charge in [0.25, 0.3) is 5.91 Å². The Morgan fingerprint density at radius 1 is 0.970 bits per heavy atom. The fraction of sp³-hybridized carbons (Fsp3) is 0.200. The van der Waals surface area contributed by atoms with E-state index < -0.39 is 24.0 Å². The minimum absolute atomic E-state index is 0.000980. The number of carbonyl (C=O) groups excluding carboxylic acids is 2. The molecule has 0 aromatic heterocycles. The van der Waals surface area contributed by atoms with Crippen LogP contribution >= 0.6 is 11.6 Å².